The average molecular weight is 380 g/mol. The Labute approximate surface area is 169 Å². The van der Waals surface area contributed by atoms with Gasteiger partial charge < -0.3 is 9.47 Å². The number of hydrogen-bond donors (Lipinski definition) is 0. The molecule has 0 amide bonds. The number of aromatic nitrogens is 2. The molecule has 4 nitrogen and oxygen atoms in total. The van der Waals surface area contributed by atoms with Crippen LogP contribution >= 0.6 is 0 Å². The van der Waals surface area contributed by atoms with Gasteiger partial charge in [0.15, 0.2) is 0 Å². The number of methoxy groups -OCH3 is 2. The lowest BCUT2D eigenvalue weighted by Gasteiger charge is -2.33. The minimum atomic E-state index is -0.508. The van der Waals surface area contributed by atoms with E-state index in [9.17, 15) is 0 Å². The van der Waals surface area contributed by atoms with E-state index >= 15 is 0 Å². The van der Waals surface area contributed by atoms with E-state index in [0.29, 0.717) is 0 Å². The largest absolute Gasteiger partial charge is 0.497 e. The van der Waals surface area contributed by atoms with Crippen LogP contribution in [0.4, 0.5) is 0 Å². The molecule has 2 aromatic heterocycles. The molecule has 2 aromatic carbocycles. The summed E-state index contributed by atoms with van der Waals surface area (Å²) < 4.78 is 10.8. The van der Waals surface area contributed by atoms with Gasteiger partial charge >= 0.3 is 0 Å². The van der Waals surface area contributed by atoms with Crippen LogP contribution in [0, 0.1) is 0 Å². The average Bonchev–Trinajstić information content (AvgIpc) is 3.11. The number of pyridine rings is 2. The molecule has 142 valence electrons. The van der Waals surface area contributed by atoms with Crippen LogP contribution in [0.1, 0.15) is 22.3 Å². The quantitative estimate of drug-likeness (QED) is 0.447. The van der Waals surface area contributed by atoms with Crippen molar-refractivity contribution in [1.82, 2.24) is 9.97 Å². The summed E-state index contributed by atoms with van der Waals surface area (Å²) in [4.78, 5) is 9.40. The van der Waals surface area contributed by atoms with Crippen molar-refractivity contribution < 1.29 is 9.47 Å². The van der Waals surface area contributed by atoms with E-state index < -0.39 is 5.41 Å². The normalized spacial score (nSPS) is 13.4. The summed E-state index contributed by atoms with van der Waals surface area (Å²) in [5.41, 5.74) is 5.89. The van der Waals surface area contributed by atoms with E-state index in [2.05, 4.69) is 36.4 Å². The van der Waals surface area contributed by atoms with Gasteiger partial charge in [0.2, 0.25) is 0 Å². The first kappa shape index (κ1) is 17.4. The van der Waals surface area contributed by atoms with Crippen molar-refractivity contribution >= 4 is 0 Å². The molecule has 29 heavy (non-hydrogen) atoms. The molecule has 0 N–H and O–H groups in total. The summed E-state index contributed by atoms with van der Waals surface area (Å²) in [5, 5.41) is 0. The Balaban J connectivity index is 1.88. The fraction of sp³-hybridized carbons (Fsp3) is 0.120. The Bertz CT molecular complexity index is 1070. The highest BCUT2D eigenvalue weighted by molar-refractivity contribution is 5.81. The highest BCUT2D eigenvalue weighted by Crippen LogP contribution is 2.54. The molecule has 1 aliphatic rings. The number of hydrogen-bond acceptors (Lipinski definition) is 4. The zero-order chi connectivity index (χ0) is 19.8. The van der Waals surface area contributed by atoms with Crippen LogP contribution in [-0.2, 0) is 5.41 Å². The van der Waals surface area contributed by atoms with Crippen molar-refractivity contribution in [2.75, 3.05) is 14.2 Å². The second kappa shape index (κ2) is 6.74. The molecule has 0 bridgehead atoms. The Morgan fingerprint density at radius 2 is 1.00 bits per heavy atom. The maximum absolute atomic E-state index is 5.40. The predicted octanol–water partition coefficient (Wildman–Crippen LogP) is 4.86. The molecule has 2 heterocycles. The highest BCUT2D eigenvalue weighted by atomic mass is 16.5. The molecule has 0 saturated carbocycles. The standard InChI is InChI=1S/C25H20N2O2/c1-28-19-11-7-17(8-12-19)25(18-9-13-20(29-2)14-10-18)21-5-3-15-26-23(21)24-22(25)6-4-16-27-24/h3-16H,1-2H3. The van der Waals surface area contributed by atoms with Crippen molar-refractivity contribution in [3.8, 4) is 22.9 Å². The lowest BCUT2D eigenvalue weighted by Crippen LogP contribution is -2.28. The fourth-order valence-electron chi connectivity index (χ4n) is 4.41. The first-order chi connectivity index (χ1) is 14.3. The zero-order valence-electron chi connectivity index (χ0n) is 16.3. The third kappa shape index (κ3) is 2.46. The molecule has 1 aliphatic carbocycles. The van der Waals surface area contributed by atoms with Crippen LogP contribution in [0.5, 0.6) is 11.5 Å². The predicted molar refractivity (Wildman–Crippen MR) is 112 cm³/mol. The van der Waals surface area contributed by atoms with Crippen LogP contribution in [0.25, 0.3) is 11.4 Å². The number of rotatable bonds is 4. The third-order valence-corrected chi connectivity index (χ3v) is 5.69. The molecular weight excluding hydrogens is 360 g/mol. The maximum atomic E-state index is 5.40. The fourth-order valence-corrected chi connectivity index (χ4v) is 4.41. The van der Waals surface area contributed by atoms with Gasteiger partial charge in [-0.25, -0.2) is 0 Å². The van der Waals surface area contributed by atoms with Gasteiger partial charge in [-0.15, -0.1) is 0 Å². The van der Waals surface area contributed by atoms with Crippen LogP contribution < -0.4 is 9.47 Å². The van der Waals surface area contributed by atoms with Crippen LogP contribution in [0.3, 0.4) is 0 Å². The lowest BCUT2D eigenvalue weighted by molar-refractivity contribution is 0.414. The van der Waals surface area contributed by atoms with Gasteiger partial charge in [-0.05, 0) is 58.7 Å². The van der Waals surface area contributed by atoms with E-state index in [1.54, 1.807) is 14.2 Å². The van der Waals surface area contributed by atoms with Crippen LogP contribution in [0.2, 0.25) is 0 Å². The molecule has 5 rings (SSSR count). The molecule has 0 aliphatic heterocycles. The number of ether oxygens (including phenoxy) is 2. The molecule has 4 aromatic rings. The van der Waals surface area contributed by atoms with E-state index in [1.807, 2.05) is 48.8 Å². The zero-order valence-corrected chi connectivity index (χ0v) is 16.3. The van der Waals surface area contributed by atoms with E-state index in [4.69, 9.17) is 19.4 Å². The monoisotopic (exact) mass is 380 g/mol. The second-order valence-corrected chi connectivity index (χ2v) is 7.01. The minimum absolute atomic E-state index is 0.508. The van der Waals surface area contributed by atoms with E-state index in [0.717, 1.165) is 45.1 Å². The summed E-state index contributed by atoms with van der Waals surface area (Å²) >= 11 is 0. The molecule has 0 radical (unpaired) electrons. The van der Waals surface area contributed by atoms with Gasteiger partial charge in [0.05, 0.1) is 31.0 Å². The Kier molecular flexibility index (Phi) is 4.06. The summed E-state index contributed by atoms with van der Waals surface area (Å²) in [6.07, 6.45) is 3.66. The topological polar surface area (TPSA) is 44.2 Å². The summed E-state index contributed by atoms with van der Waals surface area (Å²) in [7, 11) is 3.37. The van der Waals surface area contributed by atoms with Gasteiger partial charge in [-0.3, -0.25) is 9.97 Å². The molecule has 4 heteroatoms. The van der Waals surface area contributed by atoms with Crippen molar-refractivity contribution in [1.29, 1.82) is 0 Å². The Hall–Kier alpha value is -3.66. The third-order valence-electron chi connectivity index (χ3n) is 5.69. The molecule has 0 unspecified atom stereocenters. The Morgan fingerprint density at radius 3 is 1.38 bits per heavy atom. The summed E-state index contributed by atoms with van der Waals surface area (Å²) in [6.45, 7) is 0. The summed E-state index contributed by atoms with van der Waals surface area (Å²) in [6, 6.07) is 24.8. The first-order valence-corrected chi connectivity index (χ1v) is 9.49. The number of benzene rings is 2. The van der Waals surface area contributed by atoms with Crippen molar-refractivity contribution in [3.05, 3.63) is 107 Å². The number of nitrogens with zero attached hydrogens (tertiary/aromatic N) is 2. The van der Waals surface area contributed by atoms with Gasteiger partial charge in [0.1, 0.15) is 11.5 Å². The van der Waals surface area contributed by atoms with Gasteiger partial charge in [-0.1, -0.05) is 36.4 Å². The van der Waals surface area contributed by atoms with Crippen LogP contribution in [0.15, 0.2) is 85.2 Å². The van der Waals surface area contributed by atoms with E-state index in [-0.39, 0.29) is 0 Å². The Morgan fingerprint density at radius 1 is 0.586 bits per heavy atom. The SMILES string of the molecule is COc1ccc(C2(c3ccc(OC)cc3)c3cccnc3-c3ncccc32)cc1. The molecular formula is C25H20N2O2. The summed E-state index contributed by atoms with van der Waals surface area (Å²) in [5.74, 6) is 1.66. The van der Waals surface area contributed by atoms with Crippen molar-refractivity contribution in [2.24, 2.45) is 0 Å². The van der Waals surface area contributed by atoms with E-state index in [1.165, 1.54) is 0 Å². The number of fused-ring (bicyclic) bond motifs is 3. The molecule has 0 saturated heterocycles. The first-order valence-electron chi connectivity index (χ1n) is 9.49. The lowest BCUT2D eigenvalue weighted by atomic mass is 9.68. The van der Waals surface area contributed by atoms with Crippen molar-refractivity contribution in [2.45, 2.75) is 5.41 Å². The highest BCUT2D eigenvalue weighted by Gasteiger charge is 2.47. The van der Waals surface area contributed by atoms with Crippen LogP contribution in [-0.4, -0.2) is 24.2 Å². The second-order valence-electron chi connectivity index (χ2n) is 7.01. The van der Waals surface area contributed by atoms with Gasteiger partial charge in [-0.2, -0.15) is 0 Å². The smallest absolute Gasteiger partial charge is 0.118 e. The van der Waals surface area contributed by atoms with Gasteiger partial charge in [0.25, 0.3) is 0 Å². The van der Waals surface area contributed by atoms with Gasteiger partial charge in [0, 0.05) is 12.4 Å². The van der Waals surface area contributed by atoms with Crippen molar-refractivity contribution in [3.63, 3.8) is 0 Å². The molecule has 0 spiro atoms. The minimum Gasteiger partial charge on any atom is -0.497 e. The maximum Gasteiger partial charge on any atom is 0.118 e. The molecule has 0 fully saturated rings. The molecule has 0 atom stereocenters.